The summed E-state index contributed by atoms with van der Waals surface area (Å²) >= 11 is 0. The van der Waals surface area contributed by atoms with E-state index in [1.807, 2.05) is 49.4 Å². The van der Waals surface area contributed by atoms with Crippen molar-refractivity contribution in [2.75, 3.05) is 0 Å². The fourth-order valence-corrected chi connectivity index (χ4v) is 4.24. The number of sulfonamides is 1. The molecule has 0 unspecified atom stereocenters. The molecule has 4 heteroatoms. The molecule has 1 N–H and O–H groups in total. The molecule has 0 aromatic heterocycles. The van der Waals surface area contributed by atoms with Gasteiger partial charge in [-0.15, -0.1) is 0 Å². The Labute approximate surface area is 156 Å². The summed E-state index contributed by atoms with van der Waals surface area (Å²) in [6.45, 7) is 8.35. The summed E-state index contributed by atoms with van der Waals surface area (Å²) in [6.07, 6.45) is 0. The number of benzene rings is 3. The summed E-state index contributed by atoms with van der Waals surface area (Å²) in [5, 5.41) is 1.94. The molecule has 0 spiro atoms. The number of rotatable bonds is 4. The first kappa shape index (κ1) is 18.6. The van der Waals surface area contributed by atoms with Crippen molar-refractivity contribution >= 4 is 20.8 Å². The molecular formula is C22H25NO2S. The van der Waals surface area contributed by atoms with Crippen LogP contribution in [-0.2, 0) is 15.4 Å². The fourth-order valence-electron chi connectivity index (χ4n) is 2.98. The van der Waals surface area contributed by atoms with Crippen LogP contribution in [0.1, 0.15) is 44.9 Å². The molecule has 0 fully saturated rings. The van der Waals surface area contributed by atoms with Gasteiger partial charge in [-0.25, -0.2) is 13.1 Å². The van der Waals surface area contributed by atoms with E-state index in [0.29, 0.717) is 0 Å². The predicted octanol–water partition coefficient (Wildman–Crippen LogP) is 5.18. The standard InChI is InChI=1S/C22H25NO2S/c1-16(17-9-12-20(13-10-17)22(2,3)4)23-26(24,25)21-14-11-18-7-5-6-8-19(18)15-21/h5-16,23H,1-4H3/t16-/m1/s1. The lowest BCUT2D eigenvalue weighted by atomic mass is 9.86. The van der Waals surface area contributed by atoms with Crippen LogP contribution >= 0.6 is 0 Å². The van der Waals surface area contributed by atoms with Crippen molar-refractivity contribution < 1.29 is 8.42 Å². The van der Waals surface area contributed by atoms with E-state index in [2.05, 4.69) is 37.6 Å². The van der Waals surface area contributed by atoms with Crippen LogP contribution in [0.3, 0.4) is 0 Å². The largest absolute Gasteiger partial charge is 0.241 e. The number of fused-ring (bicyclic) bond motifs is 1. The van der Waals surface area contributed by atoms with E-state index in [-0.39, 0.29) is 16.4 Å². The molecular weight excluding hydrogens is 342 g/mol. The maximum Gasteiger partial charge on any atom is 0.241 e. The van der Waals surface area contributed by atoms with Gasteiger partial charge >= 0.3 is 0 Å². The molecule has 0 aliphatic carbocycles. The van der Waals surface area contributed by atoms with Crippen molar-refractivity contribution in [3.05, 3.63) is 77.9 Å². The molecule has 26 heavy (non-hydrogen) atoms. The quantitative estimate of drug-likeness (QED) is 0.691. The van der Waals surface area contributed by atoms with Gasteiger partial charge in [0.15, 0.2) is 0 Å². The normalized spacial score (nSPS) is 13.7. The van der Waals surface area contributed by atoms with Crippen molar-refractivity contribution in [3.8, 4) is 0 Å². The molecule has 0 aliphatic rings. The fraction of sp³-hybridized carbons (Fsp3) is 0.273. The number of hydrogen-bond donors (Lipinski definition) is 1. The Bertz CT molecular complexity index is 1020. The highest BCUT2D eigenvalue weighted by Gasteiger charge is 2.19. The molecule has 3 rings (SSSR count). The van der Waals surface area contributed by atoms with Crippen LogP contribution in [0.5, 0.6) is 0 Å². The molecule has 0 radical (unpaired) electrons. The predicted molar refractivity (Wildman–Crippen MR) is 108 cm³/mol. The highest BCUT2D eigenvalue weighted by molar-refractivity contribution is 7.89. The Morgan fingerprint density at radius 1 is 0.846 bits per heavy atom. The average Bonchev–Trinajstić information content (AvgIpc) is 2.60. The molecule has 3 nitrogen and oxygen atoms in total. The van der Waals surface area contributed by atoms with E-state index in [1.165, 1.54) is 5.56 Å². The van der Waals surface area contributed by atoms with E-state index < -0.39 is 10.0 Å². The van der Waals surface area contributed by atoms with E-state index in [9.17, 15) is 8.42 Å². The Hall–Kier alpha value is -2.17. The molecule has 0 amide bonds. The third-order valence-corrected chi connectivity index (χ3v) is 6.18. The molecule has 136 valence electrons. The van der Waals surface area contributed by atoms with Crippen LogP contribution in [0.15, 0.2) is 71.6 Å². The van der Waals surface area contributed by atoms with Gasteiger partial charge < -0.3 is 0 Å². The zero-order valence-corrected chi connectivity index (χ0v) is 16.5. The first-order chi connectivity index (χ1) is 12.2. The van der Waals surface area contributed by atoms with E-state index >= 15 is 0 Å². The smallest absolute Gasteiger partial charge is 0.207 e. The number of nitrogens with one attached hydrogen (secondary N) is 1. The maximum atomic E-state index is 12.8. The van der Waals surface area contributed by atoms with Crippen LogP contribution < -0.4 is 4.72 Å². The summed E-state index contributed by atoms with van der Waals surface area (Å²) < 4.78 is 28.3. The Balaban J connectivity index is 1.83. The summed E-state index contributed by atoms with van der Waals surface area (Å²) in [7, 11) is -3.59. The van der Waals surface area contributed by atoms with Gasteiger partial charge in [0.2, 0.25) is 10.0 Å². The van der Waals surface area contributed by atoms with Crippen molar-refractivity contribution in [1.82, 2.24) is 4.72 Å². The second-order valence-corrected chi connectivity index (χ2v) is 9.44. The summed E-state index contributed by atoms with van der Waals surface area (Å²) in [4.78, 5) is 0.286. The molecule has 1 atom stereocenters. The lowest BCUT2D eigenvalue weighted by Gasteiger charge is -2.20. The van der Waals surface area contributed by atoms with Gasteiger partial charge in [0.05, 0.1) is 4.90 Å². The van der Waals surface area contributed by atoms with Gasteiger partial charge in [-0.3, -0.25) is 0 Å². The third kappa shape index (κ3) is 3.97. The average molecular weight is 368 g/mol. The second-order valence-electron chi connectivity index (χ2n) is 7.72. The highest BCUT2D eigenvalue weighted by Crippen LogP contribution is 2.25. The minimum atomic E-state index is -3.59. The van der Waals surface area contributed by atoms with Crippen LogP contribution in [0.25, 0.3) is 10.8 Å². The first-order valence-electron chi connectivity index (χ1n) is 8.78. The Morgan fingerprint density at radius 2 is 1.46 bits per heavy atom. The second kappa shape index (κ2) is 6.86. The van der Waals surface area contributed by atoms with E-state index in [1.54, 1.807) is 12.1 Å². The van der Waals surface area contributed by atoms with Gasteiger partial charge in [0, 0.05) is 6.04 Å². The van der Waals surface area contributed by atoms with Gasteiger partial charge in [0.1, 0.15) is 0 Å². The zero-order chi connectivity index (χ0) is 18.9. The molecule has 0 saturated heterocycles. The monoisotopic (exact) mass is 367 g/mol. The van der Waals surface area contributed by atoms with Crippen LogP contribution in [0.2, 0.25) is 0 Å². The topological polar surface area (TPSA) is 46.2 Å². The molecule has 0 bridgehead atoms. The molecule has 3 aromatic carbocycles. The van der Waals surface area contributed by atoms with Crippen LogP contribution in [-0.4, -0.2) is 8.42 Å². The van der Waals surface area contributed by atoms with Crippen LogP contribution in [0, 0.1) is 0 Å². The summed E-state index contributed by atoms with van der Waals surface area (Å²) in [6, 6.07) is 20.8. The molecule has 0 saturated carbocycles. The highest BCUT2D eigenvalue weighted by atomic mass is 32.2. The first-order valence-corrected chi connectivity index (χ1v) is 10.3. The summed E-state index contributed by atoms with van der Waals surface area (Å²) in [5.74, 6) is 0. The van der Waals surface area contributed by atoms with Crippen molar-refractivity contribution in [1.29, 1.82) is 0 Å². The Kier molecular flexibility index (Phi) is 4.91. The van der Waals surface area contributed by atoms with Crippen LogP contribution in [0.4, 0.5) is 0 Å². The SMILES string of the molecule is C[C@@H](NS(=O)(=O)c1ccc2ccccc2c1)c1ccc(C(C)(C)C)cc1. The minimum absolute atomic E-state index is 0.0758. The van der Waals surface area contributed by atoms with Crippen molar-refractivity contribution in [3.63, 3.8) is 0 Å². The van der Waals surface area contributed by atoms with Gasteiger partial charge in [-0.2, -0.15) is 0 Å². The maximum absolute atomic E-state index is 12.8. The van der Waals surface area contributed by atoms with E-state index in [0.717, 1.165) is 16.3 Å². The van der Waals surface area contributed by atoms with Crippen molar-refractivity contribution in [2.24, 2.45) is 0 Å². The molecule has 3 aromatic rings. The van der Waals surface area contributed by atoms with Gasteiger partial charge in [-0.1, -0.05) is 75.4 Å². The van der Waals surface area contributed by atoms with Crippen molar-refractivity contribution in [2.45, 2.75) is 44.0 Å². The van der Waals surface area contributed by atoms with Gasteiger partial charge in [0.25, 0.3) is 0 Å². The number of hydrogen-bond acceptors (Lipinski definition) is 2. The minimum Gasteiger partial charge on any atom is -0.207 e. The lowest BCUT2D eigenvalue weighted by Crippen LogP contribution is -2.27. The third-order valence-electron chi connectivity index (χ3n) is 4.64. The molecule has 0 heterocycles. The Morgan fingerprint density at radius 3 is 2.08 bits per heavy atom. The lowest BCUT2D eigenvalue weighted by molar-refractivity contribution is 0.566. The van der Waals surface area contributed by atoms with Gasteiger partial charge in [-0.05, 0) is 46.4 Å². The van der Waals surface area contributed by atoms with E-state index in [4.69, 9.17) is 0 Å². The molecule has 0 aliphatic heterocycles. The summed E-state index contributed by atoms with van der Waals surface area (Å²) in [5.41, 5.74) is 2.25. The zero-order valence-electron chi connectivity index (χ0n) is 15.7.